The van der Waals surface area contributed by atoms with Gasteiger partial charge >= 0.3 is 0 Å². The second-order valence-electron chi connectivity index (χ2n) is 0. The Morgan fingerprint density at radius 1 is 0.400 bits per heavy atom. The van der Waals surface area contributed by atoms with Crippen molar-refractivity contribution in [2.24, 2.45) is 0 Å². The molecule has 0 N–H and O–H groups in total. The molecule has 0 aliphatic rings. The van der Waals surface area contributed by atoms with E-state index in [1.54, 1.807) is 0 Å². The van der Waals surface area contributed by atoms with Crippen LogP contribution in [0.25, 0.3) is 0 Å². The van der Waals surface area contributed by atoms with Gasteiger partial charge in [-0.05, 0) is 0 Å². The van der Waals surface area contributed by atoms with Crippen molar-refractivity contribution in [1.82, 2.24) is 0 Å². The molecule has 5 heavy (non-hydrogen) atoms. The van der Waals surface area contributed by atoms with E-state index >= 15 is 0 Å². The standard InChI is InChI=1S/4Be.Na. The summed E-state index contributed by atoms with van der Waals surface area (Å²) in [6, 6.07) is 0. The maximum atomic E-state index is 0. The van der Waals surface area contributed by atoms with Gasteiger partial charge in [0, 0.05) is 70.0 Å². The smallest absolute Gasteiger partial charge is 0 e. The molecular weight excluding hydrogens is 59.0 g/mol. The number of hydrogen-bond acceptors (Lipinski definition) is 0. The third-order valence-corrected chi connectivity index (χ3v) is 0. The molecule has 0 spiro atoms. The number of rotatable bonds is 0. The minimum Gasteiger partial charge on any atom is 0 e. The first-order valence-electron chi connectivity index (χ1n) is 0. The van der Waals surface area contributed by atoms with E-state index in [4.69, 9.17) is 0 Å². The van der Waals surface area contributed by atoms with E-state index in [0.717, 1.165) is 0 Å². The molecule has 5 heteroatoms. The van der Waals surface area contributed by atoms with Crippen molar-refractivity contribution in [2.75, 3.05) is 0 Å². The first-order valence-corrected chi connectivity index (χ1v) is 0. The predicted molar refractivity (Wildman–Crippen MR) is 28.8 cm³/mol. The molecule has 0 aromatic rings. The minimum atomic E-state index is 0. The second-order valence-corrected chi connectivity index (χ2v) is 0. The van der Waals surface area contributed by atoms with Gasteiger partial charge < -0.3 is 0 Å². The van der Waals surface area contributed by atoms with Crippen molar-refractivity contribution in [2.45, 2.75) is 0 Å². The van der Waals surface area contributed by atoms with E-state index in [1.165, 1.54) is 0 Å². The molecule has 0 heterocycles. The molecule has 9 radical (unpaired) electrons. The molecule has 0 nitrogen and oxygen atoms in total. The third kappa shape index (κ3) is 27.3. The van der Waals surface area contributed by atoms with Crippen LogP contribution < -0.4 is 0 Å². The van der Waals surface area contributed by atoms with E-state index in [-0.39, 0.29) is 70.0 Å². The molecule has 0 saturated carbocycles. The van der Waals surface area contributed by atoms with Crippen molar-refractivity contribution in [3.63, 3.8) is 0 Å². The molecule has 0 aromatic heterocycles. The molecule has 0 aliphatic carbocycles. The van der Waals surface area contributed by atoms with Gasteiger partial charge in [-0.15, -0.1) is 0 Å². The van der Waals surface area contributed by atoms with Gasteiger partial charge in [-0.1, -0.05) is 0 Å². The van der Waals surface area contributed by atoms with Crippen molar-refractivity contribution in [3.8, 4) is 0 Å². The Morgan fingerprint density at radius 2 is 0.400 bits per heavy atom. The molecule has 0 atom stereocenters. The normalized spacial score (nSPS) is 0. The Hall–Kier alpha value is 1.68. The first kappa shape index (κ1) is 76.6. The fourth-order valence-corrected chi connectivity index (χ4v) is 0. The van der Waals surface area contributed by atoms with Gasteiger partial charge in [0.2, 0.25) is 0 Å². The summed E-state index contributed by atoms with van der Waals surface area (Å²) in [5.41, 5.74) is 0. The summed E-state index contributed by atoms with van der Waals surface area (Å²) in [7, 11) is 0. The molecule has 0 fully saturated rings. The van der Waals surface area contributed by atoms with E-state index in [9.17, 15) is 0 Å². The maximum Gasteiger partial charge on any atom is 0 e. The molecule has 0 amide bonds. The van der Waals surface area contributed by atoms with E-state index in [1.807, 2.05) is 0 Å². The average molecular weight is 59.0 g/mol. The van der Waals surface area contributed by atoms with Crippen LogP contribution in [-0.4, -0.2) is 70.0 Å². The summed E-state index contributed by atoms with van der Waals surface area (Å²) in [4.78, 5) is 0. The van der Waals surface area contributed by atoms with Gasteiger partial charge in [0.25, 0.3) is 0 Å². The summed E-state index contributed by atoms with van der Waals surface area (Å²) >= 11 is 0. The average Bonchev–Trinajstić information content (AvgIpc) is 0. The maximum absolute atomic E-state index is 0. The molecule has 0 aromatic carbocycles. The molecule has 0 unspecified atom stereocenters. The van der Waals surface area contributed by atoms with Crippen molar-refractivity contribution >= 4 is 70.0 Å². The van der Waals surface area contributed by atoms with Crippen LogP contribution >= 0.6 is 0 Å². The zero-order valence-electron chi connectivity index (χ0n) is 3.83. The Balaban J connectivity index is 0. The minimum absolute atomic E-state index is 0. The van der Waals surface area contributed by atoms with Crippen LogP contribution in [0.15, 0.2) is 0 Å². The molecule has 0 rings (SSSR count). The van der Waals surface area contributed by atoms with Gasteiger partial charge in [-0.2, -0.15) is 0 Å². The predicted octanol–water partition coefficient (Wildman–Crippen LogP) is -1.90. The Labute approximate surface area is 69.6 Å². The third-order valence-electron chi connectivity index (χ3n) is 0. The van der Waals surface area contributed by atoms with Crippen LogP contribution in [0.2, 0.25) is 0 Å². The Morgan fingerprint density at radius 3 is 0.400 bits per heavy atom. The Bertz CT molecular complexity index is 3.61. The summed E-state index contributed by atoms with van der Waals surface area (Å²) < 4.78 is 0. The van der Waals surface area contributed by atoms with Gasteiger partial charge in [-0.3, -0.25) is 0 Å². The van der Waals surface area contributed by atoms with Crippen LogP contribution in [0.4, 0.5) is 0 Å². The van der Waals surface area contributed by atoms with Crippen LogP contribution in [0.1, 0.15) is 0 Å². The van der Waals surface area contributed by atoms with Gasteiger partial charge in [0.15, 0.2) is 0 Å². The first-order chi connectivity index (χ1) is 0. The van der Waals surface area contributed by atoms with Gasteiger partial charge in [-0.25, -0.2) is 0 Å². The molecule has 0 saturated heterocycles. The van der Waals surface area contributed by atoms with Crippen molar-refractivity contribution < 1.29 is 0 Å². The zero-order chi connectivity index (χ0) is 0. The molecule has 0 bridgehead atoms. The summed E-state index contributed by atoms with van der Waals surface area (Å²) in [6.07, 6.45) is 0. The monoisotopic (exact) mass is 59.0 g/mol. The van der Waals surface area contributed by atoms with Crippen LogP contribution in [0.3, 0.4) is 0 Å². The van der Waals surface area contributed by atoms with Crippen LogP contribution in [-0.2, 0) is 0 Å². The van der Waals surface area contributed by atoms with Crippen molar-refractivity contribution in [3.05, 3.63) is 0 Å². The fourth-order valence-electron chi connectivity index (χ4n) is 0. The summed E-state index contributed by atoms with van der Waals surface area (Å²) in [5.74, 6) is 0. The molecule has 0 aliphatic heterocycles. The SMILES string of the molecule is [Be].[Be].[Be].[Be].[Na]. The van der Waals surface area contributed by atoms with E-state index in [0.29, 0.717) is 0 Å². The van der Waals surface area contributed by atoms with E-state index in [2.05, 4.69) is 0 Å². The fraction of sp³-hybridized carbons (Fsp3) is 0. The molecule has 9 valence electrons. The summed E-state index contributed by atoms with van der Waals surface area (Å²) in [5, 5.41) is 0. The van der Waals surface area contributed by atoms with Crippen molar-refractivity contribution in [1.29, 1.82) is 0 Å². The zero-order valence-corrected chi connectivity index (χ0v) is 5.83. The van der Waals surface area contributed by atoms with Gasteiger partial charge in [0.05, 0.1) is 0 Å². The summed E-state index contributed by atoms with van der Waals surface area (Å²) in [6.45, 7) is 0. The Kier molecular flexibility index (Phi) is 677. The quantitative estimate of drug-likeness (QED) is 0.286. The topological polar surface area (TPSA) is 0 Å². The second kappa shape index (κ2) is 44.2. The molecular formula is Be4Na. The van der Waals surface area contributed by atoms with Crippen LogP contribution in [0, 0.1) is 0 Å². The van der Waals surface area contributed by atoms with Gasteiger partial charge in [0.1, 0.15) is 0 Å². The van der Waals surface area contributed by atoms with E-state index < -0.39 is 0 Å². The largest absolute Gasteiger partial charge is 0 e. The number of hydrogen-bond donors (Lipinski definition) is 0. The van der Waals surface area contributed by atoms with Crippen LogP contribution in [0.5, 0.6) is 0 Å².